The van der Waals surface area contributed by atoms with Crippen LogP contribution < -0.4 is 0 Å². The minimum Gasteiger partial charge on any atom is -0.462 e. The van der Waals surface area contributed by atoms with Crippen LogP contribution in [0.15, 0.2) is 97.2 Å². The van der Waals surface area contributed by atoms with E-state index < -0.39 is 84.5 Å². The molecule has 7 N–H and O–H groups in total. The standard InChI is InChI=1S/C44H72O16P2/c1-3-5-7-8-9-10-11-12-13-14-15-16-17-22-26-32-43(49)56-36-40(37-59-62(54,55)58-35-39(46)34-57-61(51,52)53)60-44(50)33-27-31-42(48)41(47)30-25-21-19-18-20-24-29-38(45)28-23-6-4-2/h6,9-10,12-13,15-16,18-21,23-25,29-30,38-42,45-48H,3-5,7-8,11,14,17,22,26-28,31-37H2,1-2H3,(H,54,55)(H2,51,52,53)/b10-9-,13-12-,16-15-,20-18+,21-19-,23-6-,29-24+,30-25-/t38-,39-,40+,41+,42+/m0/s1. The molecule has 0 aliphatic heterocycles. The van der Waals surface area contributed by atoms with Gasteiger partial charge in [0, 0.05) is 12.8 Å². The van der Waals surface area contributed by atoms with Crippen LogP contribution in [0.2, 0.25) is 0 Å². The molecule has 0 rings (SSSR count). The van der Waals surface area contributed by atoms with Gasteiger partial charge in [-0.15, -0.1) is 0 Å². The summed E-state index contributed by atoms with van der Waals surface area (Å²) in [6.45, 7) is 1.07. The lowest BCUT2D eigenvalue weighted by molar-refractivity contribution is -0.161. The maximum Gasteiger partial charge on any atom is 0.472 e. The van der Waals surface area contributed by atoms with E-state index in [1.807, 2.05) is 25.2 Å². The SMILES string of the molecule is CC/C=C\C[C@H](O)/C=C/C=C/C=C\C=C/[C@@H](O)[C@H](O)CCCC(=O)O[C@H](COC(=O)CCCC/C=C\C/C=C\C/C=C\CCCCC)COP(=O)(O)OC[C@@H](O)COP(=O)(O)O. The monoisotopic (exact) mass is 918 g/mol. The highest BCUT2D eigenvalue weighted by Crippen LogP contribution is 2.43. The van der Waals surface area contributed by atoms with E-state index in [0.29, 0.717) is 12.8 Å². The van der Waals surface area contributed by atoms with Gasteiger partial charge < -0.3 is 44.6 Å². The van der Waals surface area contributed by atoms with E-state index in [9.17, 15) is 44.0 Å². The molecule has 0 spiro atoms. The van der Waals surface area contributed by atoms with Crippen LogP contribution in [0, 0.1) is 0 Å². The molecule has 0 heterocycles. The Balaban J connectivity index is 4.95. The lowest BCUT2D eigenvalue weighted by Gasteiger charge is -2.21. The first-order valence-electron chi connectivity index (χ1n) is 21.3. The summed E-state index contributed by atoms with van der Waals surface area (Å²) in [5, 5.41) is 40.2. The molecule has 0 aliphatic carbocycles. The van der Waals surface area contributed by atoms with Crippen molar-refractivity contribution in [3.8, 4) is 0 Å². The van der Waals surface area contributed by atoms with E-state index >= 15 is 0 Å². The Kier molecular flexibility index (Phi) is 36.5. The Bertz CT molecular complexity index is 1510. The number of ether oxygens (including phenoxy) is 2. The van der Waals surface area contributed by atoms with Crippen molar-refractivity contribution in [3.63, 3.8) is 0 Å². The molecule has 1 unspecified atom stereocenters. The second-order valence-corrected chi connectivity index (χ2v) is 16.8. The summed E-state index contributed by atoms with van der Waals surface area (Å²) in [4.78, 5) is 52.7. The van der Waals surface area contributed by atoms with Crippen LogP contribution in [0.5, 0.6) is 0 Å². The number of rotatable bonds is 38. The van der Waals surface area contributed by atoms with Gasteiger partial charge in [-0.05, 0) is 70.6 Å². The molecule has 0 saturated heterocycles. The number of phosphoric ester groups is 2. The Morgan fingerprint density at radius 3 is 1.79 bits per heavy atom. The van der Waals surface area contributed by atoms with Crippen LogP contribution in [-0.4, -0.2) is 104 Å². The van der Waals surface area contributed by atoms with Gasteiger partial charge in [-0.2, -0.15) is 0 Å². The van der Waals surface area contributed by atoms with Gasteiger partial charge in [-0.3, -0.25) is 23.2 Å². The molecule has 16 nitrogen and oxygen atoms in total. The van der Waals surface area contributed by atoms with Crippen LogP contribution in [-0.2, 0) is 41.8 Å². The van der Waals surface area contributed by atoms with Gasteiger partial charge in [-0.1, -0.05) is 124 Å². The fourth-order valence-electron chi connectivity index (χ4n) is 4.93. The van der Waals surface area contributed by atoms with Crippen LogP contribution in [0.4, 0.5) is 0 Å². The molecule has 0 aromatic carbocycles. The van der Waals surface area contributed by atoms with Crippen molar-refractivity contribution in [2.75, 3.05) is 26.4 Å². The first-order chi connectivity index (χ1) is 29.6. The number of aliphatic hydroxyl groups excluding tert-OH is 4. The molecule has 0 radical (unpaired) electrons. The fourth-order valence-corrected chi connectivity index (χ4v) is 6.08. The molecule has 0 aromatic heterocycles. The van der Waals surface area contributed by atoms with Gasteiger partial charge >= 0.3 is 27.6 Å². The fraction of sp³-hybridized carbons (Fsp3) is 0.591. The highest BCUT2D eigenvalue weighted by Gasteiger charge is 2.28. The number of carbonyl (C=O) groups excluding carboxylic acids is 2. The van der Waals surface area contributed by atoms with Crippen molar-refractivity contribution in [2.45, 2.75) is 141 Å². The van der Waals surface area contributed by atoms with Crippen LogP contribution >= 0.6 is 15.6 Å². The van der Waals surface area contributed by atoms with Gasteiger partial charge in [0.25, 0.3) is 0 Å². The van der Waals surface area contributed by atoms with Crippen molar-refractivity contribution in [1.82, 2.24) is 0 Å². The minimum atomic E-state index is -4.92. The van der Waals surface area contributed by atoms with Gasteiger partial charge in [0.2, 0.25) is 0 Å². The molecular weight excluding hydrogens is 846 g/mol. The molecule has 0 amide bonds. The van der Waals surface area contributed by atoms with Gasteiger partial charge in [-0.25, -0.2) is 9.13 Å². The third-order valence-corrected chi connectivity index (χ3v) is 9.73. The van der Waals surface area contributed by atoms with Crippen molar-refractivity contribution in [2.24, 2.45) is 0 Å². The second-order valence-electron chi connectivity index (χ2n) is 14.1. The summed E-state index contributed by atoms with van der Waals surface area (Å²) in [5.74, 6) is -1.42. The van der Waals surface area contributed by atoms with Crippen LogP contribution in [0.1, 0.15) is 110 Å². The third kappa shape index (κ3) is 39.7. The number of allylic oxidation sites excluding steroid dienone is 13. The summed E-state index contributed by atoms with van der Waals surface area (Å²) >= 11 is 0. The quantitative estimate of drug-likeness (QED) is 0.0104. The molecule has 0 saturated carbocycles. The van der Waals surface area contributed by atoms with Crippen molar-refractivity contribution in [3.05, 3.63) is 97.2 Å². The smallest absolute Gasteiger partial charge is 0.462 e. The minimum absolute atomic E-state index is 0.0113. The normalized spacial score (nSPS) is 16.5. The van der Waals surface area contributed by atoms with Crippen LogP contribution in [0.25, 0.3) is 0 Å². The molecule has 354 valence electrons. The summed E-state index contributed by atoms with van der Waals surface area (Å²) in [5.41, 5.74) is 0. The third-order valence-electron chi connectivity index (χ3n) is 8.29. The van der Waals surface area contributed by atoms with E-state index in [2.05, 4.69) is 46.4 Å². The van der Waals surface area contributed by atoms with Gasteiger partial charge in [0.15, 0.2) is 6.10 Å². The number of esters is 2. The Morgan fingerprint density at radius 1 is 0.597 bits per heavy atom. The largest absolute Gasteiger partial charge is 0.472 e. The van der Waals surface area contributed by atoms with Crippen molar-refractivity contribution < 1.29 is 76.9 Å². The maximum absolute atomic E-state index is 12.7. The van der Waals surface area contributed by atoms with E-state index in [0.717, 1.165) is 38.5 Å². The lowest BCUT2D eigenvalue weighted by atomic mass is 10.1. The number of carbonyl (C=O) groups is 2. The zero-order chi connectivity index (χ0) is 46.3. The summed E-state index contributed by atoms with van der Waals surface area (Å²) in [6.07, 6.45) is 33.5. The predicted octanol–water partition coefficient (Wildman–Crippen LogP) is 7.47. The second kappa shape index (κ2) is 38.4. The zero-order valence-corrected chi connectivity index (χ0v) is 38.0. The summed E-state index contributed by atoms with van der Waals surface area (Å²) in [7, 11) is -9.83. The molecule has 0 fully saturated rings. The number of hydrogen-bond donors (Lipinski definition) is 7. The number of aliphatic hydroxyl groups is 4. The van der Waals surface area contributed by atoms with Crippen molar-refractivity contribution in [1.29, 1.82) is 0 Å². The first kappa shape index (κ1) is 58.9. The average molecular weight is 919 g/mol. The van der Waals surface area contributed by atoms with Gasteiger partial charge in [0.05, 0.1) is 38.1 Å². The molecule has 6 atom stereocenters. The van der Waals surface area contributed by atoms with E-state index in [-0.39, 0.29) is 25.7 Å². The van der Waals surface area contributed by atoms with E-state index in [4.69, 9.17) is 23.8 Å². The Morgan fingerprint density at radius 2 is 1.16 bits per heavy atom. The van der Waals surface area contributed by atoms with Crippen molar-refractivity contribution >= 4 is 27.6 Å². The zero-order valence-electron chi connectivity index (χ0n) is 36.3. The number of unbranched alkanes of at least 4 members (excludes halogenated alkanes) is 5. The van der Waals surface area contributed by atoms with Gasteiger partial charge in [0.1, 0.15) is 12.7 Å². The van der Waals surface area contributed by atoms with E-state index in [1.165, 1.54) is 25.3 Å². The lowest BCUT2D eigenvalue weighted by Crippen LogP contribution is -2.30. The molecule has 0 aliphatic rings. The van der Waals surface area contributed by atoms with E-state index in [1.54, 1.807) is 42.5 Å². The molecule has 62 heavy (non-hydrogen) atoms. The summed E-state index contributed by atoms with van der Waals surface area (Å²) in [6, 6.07) is 0. The number of phosphoric acid groups is 2. The molecule has 18 heteroatoms. The Labute approximate surface area is 367 Å². The highest BCUT2D eigenvalue weighted by molar-refractivity contribution is 7.47. The Hall–Kier alpha value is -3.08. The first-order valence-corrected chi connectivity index (χ1v) is 24.3. The molecule has 0 aromatic rings. The maximum atomic E-state index is 12.7. The predicted molar refractivity (Wildman–Crippen MR) is 238 cm³/mol. The molecular formula is C44H72O16P2. The topological polar surface area (TPSA) is 256 Å². The van der Waals surface area contributed by atoms with Crippen LogP contribution in [0.3, 0.4) is 0 Å². The number of hydrogen-bond acceptors (Lipinski definition) is 13. The highest BCUT2D eigenvalue weighted by atomic mass is 31.2. The molecule has 0 bridgehead atoms. The summed E-state index contributed by atoms with van der Waals surface area (Å²) < 4.78 is 47.4. The average Bonchev–Trinajstić information content (AvgIpc) is 3.22.